The van der Waals surface area contributed by atoms with Crippen molar-refractivity contribution >= 4 is 0 Å². The van der Waals surface area contributed by atoms with E-state index in [4.69, 9.17) is 5.73 Å². The largest absolute Gasteiger partial charge is 0.508 e. The molecule has 0 fully saturated rings. The molecule has 94 valence electrons. The highest BCUT2D eigenvalue weighted by Gasteiger charge is 2.13. The topological polar surface area (TPSA) is 46.2 Å². The maximum atomic E-state index is 13.5. The average Bonchev–Trinajstić information content (AvgIpc) is 2.32. The van der Waals surface area contributed by atoms with Crippen molar-refractivity contribution in [3.63, 3.8) is 0 Å². The molecule has 0 saturated carbocycles. The highest BCUT2D eigenvalue weighted by Crippen LogP contribution is 2.21. The highest BCUT2D eigenvalue weighted by molar-refractivity contribution is 5.30. The van der Waals surface area contributed by atoms with Gasteiger partial charge in [0.05, 0.1) is 0 Å². The monoisotopic (exact) mass is 249 g/mol. The number of benzene rings is 2. The quantitative estimate of drug-likeness (QED) is 0.878. The van der Waals surface area contributed by atoms with Crippen LogP contribution in [-0.2, 0) is 6.42 Å². The molecule has 0 aliphatic heterocycles. The third-order valence-corrected chi connectivity index (χ3v) is 2.72. The summed E-state index contributed by atoms with van der Waals surface area (Å²) in [7, 11) is 0. The molecule has 2 rings (SSSR count). The Morgan fingerprint density at radius 1 is 1.11 bits per heavy atom. The first-order valence-electron chi connectivity index (χ1n) is 5.54. The van der Waals surface area contributed by atoms with E-state index in [0.29, 0.717) is 6.42 Å². The van der Waals surface area contributed by atoms with Gasteiger partial charge in [-0.2, -0.15) is 0 Å². The molecule has 2 aromatic rings. The molecule has 0 bridgehead atoms. The van der Waals surface area contributed by atoms with E-state index >= 15 is 0 Å². The minimum absolute atomic E-state index is 0.124. The number of phenols is 1. The van der Waals surface area contributed by atoms with Crippen LogP contribution in [0.25, 0.3) is 0 Å². The fraction of sp³-hybridized carbons (Fsp3) is 0.143. The van der Waals surface area contributed by atoms with Crippen molar-refractivity contribution in [2.45, 2.75) is 12.5 Å². The van der Waals surface area contributed by atoms with Crippen LogP contribution in [0.1, 0.15) is 17.2 Å². The van der Waals surface area contributed by atoms with E-state index in [1.165, 1.54) is 6.07 Å². The smallest absolute Gasteiger partial charge is 0.128 e. The normalized spacial score (nSPS) is 12.4. The van der Waals surface area contributed by atoms with Crippen molar-refractivity contribution < 1.29 is 13.9 Å². The van der Waals surface area contributed by atoms with E-state index < -0.39 is 17.7 Å². The molecule has 0 spiro atoms. The van der Waals surface area contributed by atoms with Crippen molar-refractivity contribution in [3.05, 3.63) is 65.2 Å². The Morgan fingerprint density at radius 3 is 2.61 bits per heavy atom. The molecular weight excluding hydrogens is 236 g/mol. The van der Waals surface area contributed by atoms with Gasteiger partial charge in [0, 0.05) is 11.6 Å². The van der Waals surface area contributed by atoms with Crippen molar-refractivity contribution in [1.82, 2.24) is 0 Å². The lowest BCUT2D eigenvalue weighted by Gasteiger charge is -2.13. The number of hydrogen-bond acceptors (Lipinski definition) is 2. The van der Waals surface area contributed by atoms with E-state index in [-0.39, 0.29) is 11.3 Å². The first kappa shape index (κ1) is 12.5. The van der Waals surface area contributed by atoms with E-state index in [2.05, 4.69) is 0 Å². The second-order valence-corrected chi connectivity index (χ2v) is 4.15. The van der Waals surface area contributed by atoms with Gasteiger partial charge in [0.25, 0.3) is 0 Å². The van der Waals surface area contributed by atoms with Crippen LogP contribution < -0.4 is 5.73 Å². The Bertz CT molecular complexity index is 557. The second-order valence-electron chi connectivity index (χ2n) is 4.15. The highest BCUT2D eigenvalue weighted by atomic mass is 19.1. The Labute approximate surface area is 104 Å². The van der Waals surface area contributed by atoms with Gasteiger partial charge >= 0.3 is 0 Å². The van der Waals surface area contributed by atoms with Crippen LogP contribution in [-0.4, -0.2) is 5.11 Å². The molecule has 1 atom stereocenters. The Balaban J connectivity index is 2.21. The zero-order valence-electron chi connectivity index (χ0n) is 9.61. The van der Waals surface area contributed by atoms with Crippen molar-refractivity contribution in [2.75, 3.05) is 0 Å². The van der Waals surface area contributed by atoms with Crippen LogP contribution >= 0.6 is 0 Å². The Morgan fingerprint density at radius 2 is 1.89 bits per heavy atom. The van der Waals surface area contributed by atoms with Crippen LogP contribution in [0, 0.1) is 11.6 Å². The number of aromatic hydroxyl groups is 1. The summed E-state index contributed by atoms with van der Waals surface area (Å²) >= 11 is 0. The summed E-state index contributed by atoms with van der Waals surface area (Å²) in [6, 6.07) is 9.11. The molecule has 4 heteroatoms. The zero-order chi connectivity index (χ0) is 13.1. The third-order valence-electron chi connectivity index (χ3n) is 2.72. The summed E-state index contributed by atoms with van der Waals surface area (Å²) in [6.07, 6.45) is 0.328. The van der Waals surface area contributed by atoms with Crippen LogP contribution in [0.3, 0.4) is 0 Å². The maximum Gasteiger partial charge on any atom is 0.128 e. The van der Waals surface area contributed by atoms with E-state index in [9.17, 15) is 13.9 Å². The summed E-state index contributed by atoms with van der Waals surface area (Å²) < 4.78 is 26.6. The number of hydrogen-bond donors (Lipinski definition) is 2. The molecule has 0 saturated heterocycles. The van der Waals surface area contributed by atoms with Crippen LogP contribution in [0.2, 0.25) is 0 Å². The van der Waals surface area contributed by atoms with Crippen LogP contribution in [0.4, 0.5) is 8.78 Å². The van der Waals surface area contributed by atoms with Gasteiger partial charge in [-0.05, 0) is 42.3 Å². The lowest BCUT2D eigenvalue weighted by Crippen LogP contribution is -2.15. The lowest BCUT2D eigenvalue weighted by atomic mass is 9.99. The molecular formula is C14H13F2NO. The maximum absolute atomic E-state index is 13.5. The summed E-state index contributed by atoms with van der Waals surface area (Å²) in [5.74, 6) is -0.916. The van der Waals surface area contributed by atoms with Crippen LogP contribution in [0.5, 0.6) is 5.75 Å². The number of phenolic OH excluding ortho intramolecular Hbond substituents is 1. The van der Waals surface area contributed by atoms with Gasteiger partial charge in [-0.3, -0.25) is 0 Å². The number of halogens is 2. The molecule has 0 aliphatic carbocycles. The predicted octanol–water partition coefficient (Wildman–Crippen LogP) is 2.91. The minimum atomic E-state index is -0.650. The molecule has 3 N–H and O–H groups in total. The van der Waals surface area contributed by atoms with Gasteiger partial charge in [0.1, 0.15) is 17.4 Å². The minimum Gasteiger partial charge on any atom is -0.508 e. The zero-order valence-corrected chi connectivity index (χ0v) is 9.61. The average molecular weight is 249 g/mol. The van der Waals surface area contributed by atoms with E-state index in [0.717, 1.165) is 23.8 Å². The van der Waals surface area contributed by atoms with Crippen molar-refractivity contribution in [2.24, 2.45) is 5.73 Å². The van der Waals surface area contributed by atoms with E-state index in [1.807, 2.05) is 0 Å². The SMILES string of the molecule is NC(Cc1cccc(O)c1)c1cc(F)ccc1F. The van der Waals surface area contributed by atoms with E-state index in [1.54, 1.807) is 18.2 Å². The van der Waals surface area contributed by atoms with Gasteiger partial charge in [-0.15, -0.1) is 0 Å². The fourth-order valence-corrected chi connectivity index (χ4v) is 1.85. The molecule has 1 unspecified atom stereocenters. The van der Waals surface area contributed by atoms with Gasteiger partial charge in [0.15, 0.2) is 0 Å². The predicted molar refractivity (Wildman–Crippen MR) is 65.1 cm³/mol. The molecule has 2 nitrogen and oxygen atoms in total. The first-order chi connectivity index (χ1) is 8.56. The van der Waals surface area contributed by atoms with Gasteiger partial charge in [-0.25, -0.2) is 8.78 Å². The molecule has 2 aromatic carbocycles. The van der Waals surface area contributed by atoms with Crippen LogP contribution in [0.15, 0.2) is 42.5 Å². The third kappa shape index (κ3) is 2.84. The summed E-state index contributed by atoms with van der Waals surface area (Å²) in [6.45, 7) is 0. The lowest BCUT2D eigenvalue weighted by molar-refractivity contribution is 0.474. The molecule has 0 radical (unpaired) electrons. The summed E-state index contributed by atoms with van der Waals surface area (Å²) in [5.41, 5.74) is 6.77. The Kier molecular flexibility index (Phi) is 3.58. The van der Waals surface area contributed by atoms with Gasteiger partial charge < -0.3 is 10.8 Å². The molecule has 18 heavy (non-hydrogen) atoms. The molecule has 0 heterocycles. The number of nitrogens with two attached hydrogens (primary N) is 1. The molecule has 0 aliphatic rings. The summed E-state index contributed by atoms with van der Waals surface area (Å²) in [5, 5.41) is 9.32. The first-order valence-corrected chi connectivity index (χ1v) is 5.54. The standard InChI is InChI=1S/C14H13F2NO/c15-10-4-5-13(16)12(8-10)14(17)7-9-2-1-3-11(18)6-9/h1-6,8,14,18H,7,17H2. The second kappa shape index (κ2) is 5.14. The Hall–Kier alpha value is -1.94. The van der Waals surface area contributed by atoms with Gasteiger partial charge in [0.2, 0.25) is 0 Å². The van der Waals surface area contributed by atoms with Crippen molar-refractivity contribution in [3.8, 4) is 5.75 Å². The number of rotatable bonds is 3. The molecule has 0 aromatic heterocycles. The van der Waals surface area contributed by atoms with Crippen molar-refractivity contribution in [1.29, 1.82) is 0 Å². The molecule has 0 amide bonds. The fourth-order valence-electron chi connectivity index (χ4n) is 1.85. The van der Waals surface area contributed by atoms with Gasteiger partial charge in [-0.1, -0.05) is 12.1 Å². The summed E-state index contributed by atoms with van der Waals surface area (Å²) in [4.78, 5) is 0.